The summed E-state index contributed by atoms with van der Waals surface area (Å²) in [5, 5.41) is 20.2. The molecule has 1 rings (SSSR count). The topological polar surface area (TPSA) is 89.9 Å². The molecule has 6 nitrogen and oxygen atoms in total. The van der Waals surface area contributed by atoms with E-state index in [1.165, 1.54) is 13.0 Å². The minimum absolute atomic E-state index is 0.0951. The first kappa shape index (κ1) is 18.1. The zero-order valence-electron chi connectivity index (χ0n) is 12.5. The van der Waals surface area contributed by atoms with E-state index in [1.807, 2.05) is 14.1 Å². The lowest BCUT2D eigenvalue weighted by atomic mass is 10.2. The number of carboxylic acid groups (broad SMARTS) is 1. The smallest absolute Gasteiger partial charge is 0.337 e. The van der Waals surface area contributed by atoms with Gasteiger partial charge in [0, 0.05) is 6.92 Å². The van der Waals surface area contributed by atoms with Gasteiger partial charge in [0.2, 0.25) is 5.91 Å². The second-order valence-corrected chi connectivity index (χ2v) is 4.92. The predicted octanol–water partition coefficient (Wildman–Crippen LogP) is 1.62. The molecule has 0 heterocycles. The van der Waals surface area contributed by atoms with Crippen molar-refractivity contribution in [3.8, 4) is 0 Å². The number of nitrogens with zero attached hydrogens (tertiary/aromatic N) is 1. The van der Waals surface area contributed by atoms with Crippen LogP contribution in [0.1, 0.15) is 31.1 Å². The number of nitrogens with one attached hydrogen (secondary N) is 1. The minimum atomic E-state index is -1.05. The molecule has 20 heavy (non-hydrogen) atoms. The lowest BCUT2D eigenvalue weighted by Crippen LogP contribution is -2.37. The summed E-state index contributed by atoms with van der Waals surface area (Å²) in [6, 6.07) is 6.25. The summed E-state index contributed by atoms with van der Waals surface area (Å²) >= 11 is 0. The average Bonchev–Trinajstić information content (AvgIpc) is 2.28. The highest BCUT2D eigenvalue weighted by molar-refractivity contribution is 5.99. The standard InChI is InChI=1S/C9H9NO3.C5H13NO/c1-6(11)10-8-5-3-2-4-7(8)9(12)13;1-5(2,7)6(3)4/h2-5H,1H3,(H,10,11)(H,12,13);7H,1-4H3. The predicted molar refractivity (Wildman–Crippen MR) is 77.7 cm³/mol. The Kier molecular flexibility index (Phi) is 6.89. The Labute approximate surface area is 119 Å². The van der Waals surface area contributed by atoms with Crippen molar-refractivity contribution in [3.05, 3.63) is 29.8 Å². The summed E-state index contributed by atoms with van der Waals surface area (Å²) in [7, 11) is 3.67. The average molecular weight is 282 g/mol. The van der Waals surface area contributed by atoms with Crippen LogP contribution in [0.2, 0.25) is 0 Å². The number of aliphatic hydroxyl groups is 1. The van der Waals surface area contributed by atoms with Crippen molar-refractivity contribution >= 4 is 17.6 Å². The first-order valence-corrected chi connectivity index (χ1v) is 6.05. The molecule has 0 spiro atoms. The summed E-state index contributed by atoms with van der Waals surface area (Å²) in [4.78, 5) is 23.1. The van der Waals surface area contributed by atoms with Gasteiger partial charge in [-0.05, 0) is 40.1 Å². The fraction of sp³-hybridized carbons (Fsp3) is 0.429. The van der Waals surface area contributed by atoms with Crippen LogP contribution in [0.25, 0.3) is 0 Å². The summed E-state index contributed by atoms with van der Waals surface area (Å²) in [6.07, 6.45) is 0. The SMILES string of the molecule is CC(=O)Nc1ccccc1C(=O)O.CN(C)C(C)(C)O. The van der Waals surface area contributed by atoms with E-state index in [1.54, 1.807) is 36.9 Å². The van der Waals surface area contributed by atoms with Crippen molar-refractivity contribution in [2.45, 2.75) is 26.5 Å². The Morgan fingerprint density at radius 1 is 1.20 bits per heavy atom. The zero-order chi connectivity index (χ0) is 15.9. The monoisotopic (exact) mass is 282 g/mol. The first-order chi connectivity index (χ1) is 9.05. The second-order valence-electron chi connectivity index (χ2n) is 4.92. The quantitative estimate of drug-likeness (QED) is 0.733. The summed E-state index contributed by atoms with van der Waals surface area (Å²) in [6.45, 7) is 4.82. The van der Waals surface area contributed by atoms with Gasteiger partial charge >= 0.3 is 5.97 Å². The number of hydrogen-bond donors (Lipinski definition) is 3. The van der Waals surface area contributed by atoms with E-state index in [4.69, 9.17) is 10.2 Å². The molecule has 3 N–H and O–H groups in total. The van der Waals surface area contributed by atoms with Gasteiger partial charge in [0.1, 0.15) is 5.72 Å². The largest absolute Gasteiger partial charge is 0.478 e. The van der Waals surface area contributed by atoms with E-state index in [2.05, 4.69) is 5.32 Å². The van der Waals surface area contributed by atoms with Crippen LogP contribution in [0.15, 0.2) is 24.3 Å². The molecule has 6 heteroatoms. The Bertz CT molecular complexity index is 464. The number of carbonyl (C=O) groups excluding carboxylic acids is 1. The van der Waals surface area contributed by atoms with Crippen LogP contribution in [-0.4, -0.2) is 46.8 Å². The number of carbonyl (C=O) groups is 2. The normalized spacial score (nSPS) is 10.6. The van der Waals surface area contributed by atoms with Crippen LogP contribution in [0.5, 0.6) is 0 Å². The molecule has 0 aromatic heterocycles. The first-order valence-electron chi connectivity index (χ1n) is 6.05. The number of rotatable bonds is 3. The summed E-state index contributed by atoms with van der Waals surface area (Å²) in [5.74, 6) is -1.34. The number of hydrogen-bond acceptors (Lipinski definition) is 4. The molecule has 0 unspecified atom stereocenters. The molecule has 1 amide bonds. The third kappa shape index (κ3) is 6.86. The summed E-state index contributed by atoms with van der Waals surface area (Å²) in [5.41, 5.74) is -0.250. The van der Waals surface area contributed by atoms with Gasteiger partial charge in [0.25, 0.3) is 0 Å². The van der Waals surface area contributed by atoms with Gasteiger partial charge in [-0.3, -0.25) is 9.69 Å². The maximum absolute atomic E-state index is 10.7. The Hall–Kier alpha value is -1.92. The second kappa shape index (κ2) is 7.62. The number of aromatic carboxylic acids is 1. The Balaban J connectivity index is 0.000000441. The van der Waals surface area contributed by atoms with E-state index in [9.17, 15) is 9.59 Å². The molecule has 0 saturated carbocycles. The van der Waals surface area contributed by atoms with Crippen LogP contribution >= 0.6 is 0 Å². The molecule has 0 aliphatic rings. The third-order valence-electron chi connectivity index (χ3n) is 2.56. The molecule has 0 saturated heterocycles. The molecule has 0 aliphatic heterocycles. The van der Waals surface area contributed by atoms with E-state index in [0.29, 0.717) is 5.69 Å². The van der Waals surface area contributed by atoms with Crippen molar-refractivity contribution in [2.24, 2.45) is 0 Å². The lowest BCUT2D eigenvalue weighted by molar-refractivity contribution is -0.114. The Morgan fingerprint density at radius 2 is 1.65 bits per heavy atom. The molecule has 1 aromatic carbocycles. The maximum atomic E-state index is 10.7. The molecular weight excluding hydrogens is 260 g/mol. The van der Waals surface area contributed by atoms with Gasteiger partial charge in [-0.15, -0.1) is 0 Å². The highest BCUT2D eigenvalue weighted by Crippen LogP contribution is 2.14. The van der Waals surface area contributed by atoms with Crippen LogP contribution in [-0.2, 0) is 4.79 Å². The third-order valence-corrected chi connectivity index (χ3v) is 2.56. The van der Waals surface area contributed by atoms with Crippen molar-refractivity contribution in [1.29, 1.82) is 0 Å². The zero-order valence-corrected chi connectivity index (χ0v) is 12.5. The molecule has 112 valence electrons. The fourth-order valence-corrected chi connectivity index (χ4v) is 0.968. The fourth-order valence-electron chi connectivity index (χ4n) is 0.968. The van der Waals surface area contributed by atoms with Gasteiger partial charge in [-0.25, -0.2) is 4.79 Å². The van der Waals surface area contributed by atoms with Gasteiger partial charge in [-0.1, -0.05) is 12.1 Å². The van der Waals surface area contributed by atoms with Crippen LogP contribution in [0.3, 0.4) is 0 Å². The van der Waals surface area contributed by atoms with Crippen molar-refractivity contribution < 1.29 is 19.8 Å². The Morgan fingerprint density at radius 3 is 2.00 bits per heavy atom. The molecule has 1 aromatic rings. The van der Waals surface area contributed by atoms with Gasteiger partial charge < -0.3 is 15.5 Å². The van der Waals surface area contributed by atoms with Crippen LogP contribution < -0.4 is 5.32 Å². The van der Waals surface area contributed by atoms with Crippen molar-refractivity contribution in [1.82, 2.24) is 4.90 Å². The van der Waals surface area contributed by atoms with E-state index in [0.717, 1.165) is 0 Å². The van der Waals surface area contributed by atoms with Gasteiger partial charge in [0.05, 0.1) is 11.3 Å². The molecule has 0 radical (unpaired) electrons. The number of para-hydroxylation sites is 1. The summed E-state index contributed by atoms with van der Waals surface area (Å²) < 4.78 is 0. The highest BCUT2D eigenvalue weighted by Gasteiger charge is 2.13. The molecule has 0 fully saturated rings. The van der Waals surface area contributed by atoms with Gasteiger partial charge in [0.15, 0.2) is 0 Å². The van der Waals surface area contributed by atoms with E-state index >= 15 is 0 Å². The van der Waals surface area contributed by atoms with E-state index in [-0.39, 0.29) is 11.5 Å². The van der Waals surface area contributed by atoms with Crippen molar-refractivity contribution in [3.63, 3.8) is 0 Å². The molecule has 0 bridgehead atoms. The number of benzene rings is 1. The highest BCUT2D eigenvalue weighted by atomic mass is 16.4. The molecular formula is C14H22N2O4. The van der Waals surface area contributed by atoms with Crippen LogP contribution in [0.4, 0.5) is 5.69 Å². The number of anilines is 1. The van der Waals surface area contributed by atoms with E-state index < -0.39 is 11.7 Å². The van der Waals surface area contributed by atoms with Gasteiger partial charge in [-0.2, -0.15) is 0 Å². The lowest BCUT2D eigenvalue weighted by Gasteiger charge is -2.25. The maximum Gasteiger partial charge on any atom is 0.337 e. The minimum Gasteiger partial charge on any atom is -0.478 e. The number of carboxylic acids is 1. The van der Waals surface area contributed by atoms with Crippen LogP contribution in [0, 0.1) is 0 Å². The van der Waals surface area contributed by atoms with Crippen molar-refractivity contribution in [2.75, 3.05) is 19.4 Å². The molecule has 0 aliphatic carbocycles. The molecule has 0 atom stereocenters. The number of amides is 1.